The number of benzene rings is 1. The molecule has 126 valence electrons. The molecule has 1 amide bonds. The van der Waals surface area contributed by atoms with Crippen molar-refractivity contribution in [3.8, 4) is 5.75 Å². The van der Waals surface area contributed by atoms with Gasteiger partial charge in [-0.05, 0) is 37.9 Å². The zero-order valence-electron chi connectivity index (χ0n) is 13.5. The fraction of sp³-hybridized carbons (Fsp3) is 0.611. The molecule has 2 fully saturated rings. The van der Waals surface area contributed by atoms with Crippen molar-refractivity contribution in [2.75, 3.05) is 39.3 Å². The molecule has 2 heterocycles. The molecule has 0 bridgehead atoms. The van der Waals surface area contributed by atoms with Crippen LogP contribution >= 0.6 is 0 Å². The third kappa shape index (κ3) is 3.85. The van der Waals surface area contributed by atoms with E-state index in [9.17, 15) is 15.0 Å². The van der Waals surface area contributed by atoms with Crippen LogP contribution in [0, 0.1) is 11.8 Å². The Morgan fingerprint density at radius 3 is 2.52 bits per heavy atom. The van der Waals surface area contributed by atoms with E-state index in [2.05, 4.69) is 4.90 Å². The summed E-state index contributed by atoms with van der Waals surface area (Å²) in [5.74, 6) is 0.733. The third-order valence-electron chi connectivity index (χ3n) is 5.19. The van der Waals surface area contributed by atoms with Gasteiger partial charge in [0.05, 0.1) is 6.42 Å². The number of carbonyl (C=O) groups is 1. The lowest BCUT2D eigenvalue weighted by Gasteiger charge is -2.23. The summed E-state index contributed by atoms with van der Waals surface area (Å²) >= 11 is 0. The zero-order valence-corrected chi connectivity index (χ0v) is 13.5. The quantitative estimate of drug-likeness (QED) is 0.853. The highest BCUT2D eigenvalue weighted by atomic mass is 16.3. The monoisotopic (exact) mass is 318 g/mol. The van der Waals surface area contributed by atoms with Crippen LogP contribution in [0.2, 0.25) is 0 Å². The second kappa shape index (κ2) is 7.32. The van der Waals surface area contributed by atoms with E-state index in [1.807, 2.05) is 11.0 Å². The highest BCUT2D eigenvalue weighted by molar-refractivity contribution is 5.79. The first-order valence-electron chi connectivity index (χ1n) is 8.55. The Balaban J connectivity index is 1.59. The van der Waals surface area contributed by atoms with Gasteiger partial charge in [0, 0.05) is 37.7 Å². The van der Waals surface area contributed by atoms with E-state index in [0.29, 0.717) is 24.6 Å². The van der Waals surface area contributed by atoms with Crippen LogP contribution in [0.1, 0.15) is 18.4 Å². The summed E-state index contributed by atoms with van der Waals surface area (Å²) in [4.78, 5) is 16.8. The topological polar surface area (TPSA) is 64.0 Å². The van der Waals surface area contributed by atoms with E-state index < -0.39 is 0 Å². The summed E-state index contributed by atoms with van der Waals surface area (Å²) in [5, 5.41) is 19.5. The maximum absolute atomic E-state index is 12.5. The van der Waals surface area contributed by atoms with Crippen LogP contribution in [0.5, 0.6) is 5.75 Å². The van der Waals surface area contributed by atoms with Crippen molar-refractivity contribution in [1.82, 2.24) is 9.80 Å². The second-order valence-electron chi connectivity index (χ2n) is 6.81. The third-order valence-corrected chi connectivity index (χ3v) is 5.19. The molecule has 2 saturated heterocycles. The summed E-state index contributed by atoms with van der Waals surface area (Å²) in [5.41, 5.74) is 0.668. The largest absolute Gasteiger partial charge is 0.508 e. The summed E-state index contributed by atoms with van der Waals surface area (Å²) in [7, 11) is 0. The number of hydrogen-bond donors (Lipinski definition) is 2. The first-order chi connectivity index (χ1) is 11.2. The number of rotatable bonds is 5. The lowest BCUT2D eigenvalue weighted by atomic mass is 9.96. The van der Waals surface area contributed by atoms with Crippen molar-refractivity contribution in [3.05, 3.63) is 29.8 Å². The van der Waals surface area contributed by atoms with Crippen LogP contribution in [0.3, 0.4) is 0 Å². The molecule has 5 nitrogen and oxygen atoms in total. The van der Waals surface area contributed by atoms with Crippen LogP contribution < -0.4 is 0 Å². The smallest absolute Gasteiger partial charge is 0.227 e. The van der Waals surface area contributed by atoms with Crippen LogP contribution in [0.15, 0.2) is 24.3 Å². The number of likely N-dealkylation sites (tertiary alicyclic amines) is 2. The molecule has 0 saturated carbocycles. The number of aliphatic hydroxyl groups excluding tert-OH is 1. The van der Waals surface area contributed by atoms with Gasteiger partial charge in [0.25, 0.3) is 0 Å². The van der Waals surface area contributed by atoms with E-state index in [1.54, 1.807) is 18.2 Å². The van der Waals surface area contributed by atoms with E-state index in [4.69, 9.17) is 0 Å². The predicted octanol–water partition coefficient (Wildman–Crippen LogP) is 1.10. The molecule has 3 rings (SSSR count). The predicted molar refractivity (Wildman–Crippen MR) is 88.1 cm³/mol. The number of phenols is 1. The first kappa shape index (κ1) is 16.3. The number of aromatic hydroxyl groups is 1. The van der Waals surface area contributed by atoms with Crippen LogP contribution in [0.25, 0.3) is 0 Å². The summed E-state index contributed by atoms with van der Waals surface area (Å²) in [6.45, 7) is 4.74. The molecule has 0 unspecified atom stereocenters. The van der Waals surface area contributed by atoms with Crippen LogP contribution in [-0.2, 0) is 11.2 Å². The number of phenolic OH excluding ortho intramolecular Hbond substituents is 1. The number of hydrogen-bond acceptors (Lipinski definition) is 4. The Hall–Kier alpha value is -1.59. The Bertz CT molecular complexity index is 543. The lowest BCUT2D eigenvalue weighted by molar-refractivity contribution is -0.129. The molecule has 2 N–H and O–H groups in total. The lowest BCUT2D eigenvalue weighted by Crippen LogP contribution is -2.33. The van der Waals surface area contributed by atoms with E-state index in [-0.39, 0.29) is 30.6 Å². The first-order valence-corrected chi connectivity index (χ1v) is 8.55. The van der Waals surface area contributed by atoms with Crippen molar-refractivity contribution < 1.29 is 15.0 Å². The number of nitrogens with zero attached hydrogens (tertiary/aromatic N) is 2. The molecule has 1 aromatic rings. The second-order valence-corrected chi connectivity index (χ2v) is 6.81. The minimum absolute atomic E-state index is 0.0360. The van der Waals surface area contributed by atoms with E-state index in [1.165, 1.54) is 12.8 Å². The maximum atomic E-state index is 12.5. The minimum Gasteiger partial charge on any atom is -0.508 e. The molecule has 0 aliphatic carbocycles. The van der Waals surface area contributed by atoms with Crippen molar-refractivity contribution in [2.45, 2.75) is 19.3 Å². The van der Waals surface area contributed by atoms with Gasteiger partial charge in [0.2, 0.25) is 5.91 Å². The summed E-state index contributed by atoms with van der Waals surface area (Å²) in [6, 6.07) is 6.99. The average molecular weight is 318 g/mol. The number of amides is 1. The molecule has 0 aromatic heterocycles. The van der Waals surface area contributed by atoms with Gasteiger partial charge in [-0.25, -0.2) is 0 Å². The molecule has 23 heavy (non-hydrogen) atoms. The molecular formula is C18H26N2O3. The Morgan fingerprint density at radius 2 is 1.83 bits per heavy atom. The van der Waals surface area contributed by atoms with Gasteiger partial charge in [-0.3, -0.25) is 4.79 Å². The van der Waals surface area contributed by atoms with Gasteiger partial charge in [-0.1, -0.05) is 18.2 Å². The van der Waals surface area contributed by atoms with Gasteiger partial charge < -0.3 is 20.0 Å². The Kier molecular flexibility index (Phi) is 5.18. The highest BCUT2D eigenvalue weighted by Gasteiger charge is 2.36. The normalized spacial score (nSPS) is 25.2. The molecule has 2 aliphatic rings. The zero-order chi connectivity index (χ0) is 16.2. The average Bonchev–Trinajstić information content (AvgIpc) is 3.19. The number of carbonyl (C=O) groups excluding carboxylic acids is 1. The van der Waals surface area contributed by atoms with Crippen molar-refractivity contribution >= 4 is 5.91 Å². The highest BCUT2D eigenvalue weighted by Crippen LogP contribution is 2.27. The Morgan fingerprint density at radius 1 is 1.13 bits per heavy atom. The fourth-order valence-electron chi connectivity index (χ4n) is 3.79. The molecule has 0 radical (unpaired) electrons. The molecule has 2 atom stereocenters. The molecule has 2 aliphatic heterocycles. The van der Waals surface area contributed by atoms with Gasteiger partial charge >= 0.3 is 0 Å². The van der Waals surface area contributed by atoms with Crippen LogP contribution in [0.4, 0.5) is 0 Å². The molecule has 1 aromatic carbocycles. The van der Waals surface area contributed by atoms with Gasteiger partial charge in [0.1, 0.15) is 5.75 Å². The minimum atomic E-state index is 0.0360. The molecule has 5 heteroatoms. The van der Waals surface area contributed by atoms with Crippen molar-refractivity contribution in [1.29, 1.82) is 0 Å². The summed E-state index contributed by atoms with van der Waals surface area (Å²) < 4.78 is 0. The molecular weight excluding hydrogens is 292 g/mol. The maximum Gasteiger partial charge on any atom is 0.227 e. The summed E-state index contributed by atoms with van der Waals surface area (Å²) in [6.07, 6.45) is 2.74. The molecule has 0 spiro atoms. The van der Waals surface area contributed by atoms with Crippen LogP contribution in [-0.4, -0.2) is 65.3 Å². The van der Waals surface area contributed by atoms with Crippen molar-refractivity contribution in [2.24, 2.45) is 11.8 Å². The van der Waals surface area contributed by atoms with Gasteiger partial charge in [-0.15, -0.1) is 0 Å². The van der Waals surface area contributed by atoms with Gasteiger partial charge in [0.15, 0.2) is 0 Å². The number of aliphatic hydroxyl groups is 1. The Labute approximate surface area is 137 Å². The SMILES string of the molecule is O=C(Cc1ccccc1O)N1C[C@@H](CN2CCCC2)[C@@H](CO)C1. The van der Waals surface area contributed by atoms with E-state index >= 15 is 0 Å². The standard InChI is InChI=1S/C18H26N2O3/c21-13-16-12-20(11-15(16)10-19-7-3-4-8-19)18(23)9-14-5-1-2-6-17(14)22/h1-2,5-6,15-16,21-22H,3-4,7-13H2/t15-,16-/m1/s1. The number of para-hydroxylation sites is 1. The van der Waals surface area contributed by atoms with E-state index in [0.717, 1.165) is 19.6 Å². The fourth-order valence-corrected chi connectivity index (χ4v) is 3.79. The van der Waals surface area contributed by atoms with Gasteiger partial charge in [-0.2, -0.15) is 0 Å². The van der Waals surface area contributed by atoms with Crippen molar-refractivity contribution in [3.63, 3.8) is 0 Å².